The third kappa shape index (κ3) is 3.93. The average molecular weight is 515 g/mol. The zero-order valence-corrected chi connectivity index (χ0v) is 21.3. The minimum Gasteiger partial charge on any atom is -0.508 e. The van der Waals surface area contributed by atoms with Crippen molar-refractivity contribution in [3.63, 3.8) is 0 Å². The highest BCUT2D eigenvalue weighted by atomic mass is 19.1. The Bertz CT molecular complexity index is 1620. The molecule has 0 amide bonds. The summed E-state index contributed by atoms with van der Waals surface area (Å²) in [5.41, 5.74) is 1.29. The van der Waals surface area contributed by atoms with Crippen LogP contribution in [-0.2, 0) is 0 Å². The van der Waals surface area contributed by atoms with Gasteiger partial charge < -0.3 is 9.84 Å². The van der Waals surface area contributed by atoms with E-state index >= 15 is 4.39 Å². The third-order valence-electron chi connectivity index (χ3n) is 7.84. The predicted octanol–water partition coefficient (Wildman–Crippen LogP) is 5.75. The molecule has 0 saturated carbocycles. The number of fused-ring (bicyclic) bond motifs is 3. The number of terminal acetylenes is 1. The molecule has 2 aromatic carbocycles. The van der Waals surface area contributed by atoms with Crippen molar-refractivity contribution in [1.82, 2.24) is 19.9 Å². The quantitative estimate of drug-likeness (QED) is 0.342. The highest BCUT2D eigenvalue weighted by Crippen LogP contribution is 2.41. The molecule has 4 aromatic rings. The highest BCUT2D eigenvalue weighted by molar-refractivity contribution is 6.02. The summed E-state index contributed by atoms with van der Waals surface area (Å²) in [5, 5.41) is 12.2. The normalized spacial score (nSPS) is 21.3. The Kier molecular flexibility index (Phi) is 5.92. The van der Waals surface area contributed by atoms with E-state index in [1.54, 1.807) is 30.5 Å². The van der Waals surface area contributed by atoms with E-state index in [1.165, 1.54) is 6.07 Å². The number of alkyl halides is 1. The van der Waals surface area contributed by atoms with Crippen molar-refractivity contribution >= 4 is 21.7 Å². The number of hydrogen-bond donors (Lipinski definition) is 1. The van der Waals surface area contributed by atoms with Gasteiger partial charge in [-0.2, -0.15) is 9.97 Å². The molecule has 2 unspecified atom stereocenters. The van der Waals surface area contributed by atoms with Gasteiger partial charge in [0.1, 0.15) is 29.7 Å². The number of rotatable bonds is 5. The summed E-state index contributed by atoms with van der Waals surface area (Å²) in [7, 11) is 0. The summed E-state index contributed by atoms with van der Waals surface area (Å²) >= 11 is 0. The van der Waals surface area contributed by atoms with E-state index in [0.717, 1.165) is 19.4 Å². The second-order valence-electron chi connectivity index (χ2n) is 10.6. The molecular weight excluding hydrogens is 486 g/mol. The molecule has 6 rings (SSSR count). The summed E-state index contributed by atoms with van der Waals surface area (Å²) in [6, 6.07) is 8.47. The lowest BCUT2D eigenvalue weighted by Crippen LogP contribution is -2.43. The largest absolute Gasteiger partial charge is 0.508 e. The van der Waals surface area contributed by atoms with Crippen molar-refractivity contribution in [2.45, 2.75) is 50.7 Å². The Balaban J connectivity index is 1.48. The van der Waals surface area contributed by atoms with Crippen LogP contribution in [0.3, 0.4) is 0 Å². The van der Waals surface area contributed by atoms with Gasteiger partial charge in [-0.05, 0) is 48.9 Å². The average Bonchev–Trinajstić information content (AvgIpc) is 3.42. The molecule has 0 radical (unpaired) electrons. The Morgan fingerprint density at radius 3 is 2.92 bits per heavy atom. The fourth-order valence-electron chi connectivity index (χ4n) is 6.12. The van der Waals surface area contributed by atoms with Crippen LogP contribution in [0.25, 0.3) is 32.9 Å². The first-order valence-electron chi connectivity index (χ1n) is 12.9. The molecule has 194 valence electrons. The van der Waals surface area contributed by atoms with Crippen LogP contribution in [0.15, 0.2) is 36.5 Å². The smallest absolute Gasteiger partial charge is 0.317 e. The van der Waals surface area contributed by atoms with Gasteiger partial charge >= 0.3 is 6.01 Å². The Morgan fingerprint density at radius 2 is 2.13 bits per heavy atom. The zero-order valence-electron chi connectivity index (χ0n) is 21.3. The van der Waals surface area contributed by atoms with Gasteiger partial charge in [-0.1, -0.05) is 31.9 Å². The molecule has 2 aliphatic rings. The molecule has 4 heterocycles. The molecule has 2 fully saturated rings. The fourth-order valence-corrected chi connectivity index (χ4v) is 6.12. The van der Waals surface area contributed by atoms with Gasteiger partial charge in [0.2, 0.25) is 0 Å². The summed E-state index contributed by atoms with van der Waals surface area (Å²) in [6.45, 7) is 5.43. The summed E-state index contributed by atoms with van der Waals surface area (Å²) in [5.74, 6) is 1.92. The van der Waals surface area contributed by atoms with Crippen LogP contribution < -0.4 is 4.74 Å². The fraction of sp³-hybridized carbons (Fsp3) is 0.367. The maximum Gasteiger partial charge on any atom is 0.317 e. The zero-order chi connectivity index (χ0) is 26.6. The maximum atomic E-state index is 16.3. The molecule has 0 aliphatic carbocycles. The van der Waals surface area contributed by atoms with Gasteiger partial charge in [-0.15, -0.1) is 6.42 Å². The lowest BCUT2D eigenvalue weighted by Gasteiger charge is -2.30. The number of pyridine rings is 1. The van der Waals surface area contributed by atoms with Crippen LogP contribution in [0.1, 0.15) is 50.3 Å². The van der Waals surface area contributed by atoms with Gasteiger partial charge in [0.05, 0.1) is 11.2 Å². The Hall–Kier alpha value is -3.83. The van der Waals surface area contributed by atoms with E-state index in [-0.39, 0.29) is 41.0 Å². The Labute approximate surface area is 219 Å². The molecular formula is C30H28F2N4O2. The lowest BCUT2D eigenvalue weighted by atomic mass is 9.95. The predicted molar refractivity (Wildman–Crippen MR) is 142 cm³/mol. The van der Waals surface area contributed by atoms with E-state index < -0.39 is 12.0 Å². The van der Waals surface area contributed by atoms with Crippen molar-refractivity contribution < 1.29 is 18.6 Å². The van der Waals surface area contributed by atoms with Crippen molar-refractivity contribution in [2.75, 3.05) is 19.7 Å². The van der Waals surface area contributed by atoms with Crippen LogP contribution in [0, 0.1) is 18.2 Å². The number of aromatic hydroxyl groups is 1. The van der Waals surface area contributed by atoms with E-state index in [2.05, 4.69) is 25.8 Å². The van der Waals surface area contributed by atoms with Crippen LogP contribution in [0.4, 0.5) is 8.78 Å². The first-order valence-corrected chi connectivity index (χ1v) is 12.9. The number of phenolic OH excluding ortho intramolecular Hbond substituents is 1. The van der Waals surface area contributed by atoms with E-state index in [0.29, 0.717) is 45.9 Å². The van der Waals surface area contributed by atoms with Crippen LogP contribution in [-0.4, -0.2) is 56.4 Å². The molecule has 0 bridgehead atoms. The molecule has 2 aromatic heterocycles. The third-order valence-corrected chi connectivity index (χ3v) is 7.84. The van der Waals surface area contributed by atoms with Crippen LogP contribution in [0.5, 0.6) is 11.8 Å². The van der Waals surface area contributed by atoms with E-state index in [9.17, 15) is 9.50 Å². The van der Waals surface area contributed by atoms with E-state index in [1.807, 2.05) is 13.8 Å². The van der Waals surface area contributed by atoms with Crippen LogP contribution in [0.2, 0.25) is 0 Å². The number of phenols is 1. The maximum absolute atomic E-state index is 16.3. The molecule has 0 spiro atoms. The van der Waals surface area contributed by atoms with Gasteiger partial charge in [0.25, 0.3) is 0 Å². The number of benzene rings is 2. The minimum atomic E-state index is -0.876. The number of ether oxygens (including phenoxy) is 1. The van der Waals surface area contributed by atoms with Gasteiger partial charge in [-0.3, -0.25) is 9.88 Å². The minimum absolute atomic E-state index is 0.0251. The Morgan fingerprint density at radius 1 is 1.29 bits per heavy atom. The number of aromatic nitrogens is 3. The van der Waals surface area contributed by atoms with E-state index in [4.69, 9.17) is 11.2 Å². The molecule has 2 aliphatic heterocycles. The van der Waals surface area contributed by atoms with Crippen LogP contribution >= 0.6 is 0 Å². The standard InChI is InChI=1S/C30H28F2N4O2/c1-4-18-7-5-8-19-11-21(37)12-22(24(18)19)27-25(32)28-23(14-33-27)26(17(2)3)34-29(35-28)38-16-30-9-6-10-36(30)15-20(31)13-30/h1,5,7-8,11-12,14,17,20,37H,6,9-10,13,15-16H2,2-3H3. The molecule has 1 N–H and O–H groups in total. The molecule has 38 heavy (non-hydrogen) atoms. The summed E-state index contributed by atoms with van der Waals surface area (Å²) in [6.07, 6.45) is 8.69. The molecule has 8 heteroatoms. The lowest BCUT2D eigenvalue weighted by molar-refractivity contribution is 0.107. The SMILES string of the molecule is C#Cc1cccc2cc(O)cc(-c3ncc4c(C(C)C)nc(OCC56CCCN5CC(F)C6)nc4c3F)c12. The van der Waals surface area contributed by atoms with Crippen molar-refractivity contribution in [3.8, 4) is 35.4 Å². The first kappa shape index (κ1) is 24.5. The molecule has 2 atom stereocenters. The summed E-state index contributed by atoms with van der Waals surface area (Å²) < 4.78 is 36.6. The number of halogens is 2. The molecule has 6 nitrogen and oxygen atoms in total. The van der Waals surface area contributed by atoms with Crippen molar-refractivity contribution in [1.29, 1.82) is 0 Å². The van der Waals surface area contributed by atoms with Gasteiger partial charge in [0.15, 0.2) is 5.82 Å². The first-order chi connectivity index (χ1) is 18.3. The number of hydrogen-bond acceptors (Lipinski definition) is 6. The monoisotopic (exact) mass is 514 g/mol. The number of nitrogens with zero attached hydrogens (tertiary/aromatic N) is 4. The second kappa shape index (κ2) is 9.17. The highest BCUT2D eigenvalue weighted by Gasteiger charge is 2.49. The molecule has 2 saturated heterocycles. The van der Waals surface area contributed by atoms with Gasteiger partial charge in [-0.25, -0.2) is 8.78 Å². The van der Waals surface area contributed by atoms with Crippen molar-refractivity contribution in [2.24, 2.45) is 0 Å². The van der Waals surface area contributed by atoms with Crippen molar-refractivity contribution in [3.05, 3.63) is 53.6 Å². The van der Waals surface area contributed by atoms with Gasteiger partial charge in [0, 0.05) is 41.1 Å². The summed E-state index contributed by atoms with van der Waals surface area (Å²) in [4.78, 5) is 15.7. The topological polar surface area (TPSA) is 71.4 Å². The second-order valence-corrected chi connectivity index (χ2v) is 10.6.